The van der Waals surface area contributed by atoms with Gasteiger partial charge in [-0.2, -0.15) is 0 Å². The molecule has 1 aromatic heterocycles. The Balaban J connectivity index is 1.97. The van der Waals surface area contributed by atoms with Gasteiger partial charge in [0, 0.05) is 6.54 Å². The highest BCUT2D eigenvalue weighted by molar-refractivity contribution is 7.22. The van der Waals surface area contributed by atoms with E-state index in [2.05, 4.69) is 40.6 Å². The number of aromatic nitrogens is 1. The first-order valence-corrected chi connectivity index (χ1v) is 6.94. The Kier molecular flexibility index (Phi) is 3.42. The molecule has 3 aromatic rings. The molecular weight excluding hydrogens is 259 g/mol. The van der Waals surface area contributed by atoms with Crippen molar-refractivity contribution in [3.63, 3.8) is 0 Å². The molecule has 19 heavy (non-hydrogen) atoms. The minimum Gasteiger partial charge on any atom is -0.359 e. The summed E-state index contributed by atoms with van der Waals surface area (Å²) in [5.74, 6) is 0. The molecule has 0 amide bonds. The lowest BCUT2D eigenvalue weighted by atomic mass is 10.1. The smallest absolute Gasteiger partial charge is 0.183 e. The number of nitrogens with zero attached hydrogens (tertiary/aromatic N) is 1. The number of alkyl halides is 1. The molecule has 0 atom stereocenters. The molecular formula is C15H13FN2S. The molecule has 0 radical (unpaired) electrons. The van der Waals surface area contributed by atoms with Crippen LogP contribution in [-0.2, 0) is 0 Å². The van der Waals surface area contributed by atoms with Crippen LogP contribution in [0.2, 0.25) is 0 Å². The van der Waals surface area contributed by atoms with Crippen molar-refractivity contribution < 1.29 is 4.39 Å². The molecule has 0 bridgehead atoms. The fourth-order valence-corrected chi connectivity index (χ4v) is 2.84. The van der Waals surface area contributed by atoms with E-state index in [-0.39, 0.29) is 6.67 Å². The quantitative estimate of drug-likeness (QED) is 0.764. The van der Waals surface area contributed by atoms with Crippen molar-refractivity contribution in [2.24, 2.45) is 0 Å². The van der Waals surface area contributed by atoms with E-state index in [0.29, 0.717) is 6.54 Å². The van der Waals surface area contributed by atoms with Gasteiger partial charge in [0.05, 0.1) is 10.2 Å². The van der Waals surface area contributed by atoms with Crippen LogP contribution in [0.15, 0.2) is 48.5 Å². The lowest BCUT2D eigenvalue weighted by Crippen LogP contribution is -2.01. The third-order valence-corrected chi connectivity index (χ3v) is 3.86. The fourth-order valence-electron chi connectivity index (χ4n) is 1.97. The van der Waals surface area contributed by atoms with E-state index >= 15 is 0 Å². The minimum absolute atomic E-state index is 0.311. The summed E-state index contributed by atoms with van der Waals surface area (Å²) < 4.78 is 13.2. The summed E-state index contributed by atoms with van der Waals surface area (Å²) >= 11 is 1.55. The van der Waals surface area contributed by atoms with Crippen LogP contribution in [0.4, 0.5) is 9.52 Å². The van der Waals surface area contributed by atoms with Crippen LogP contribution >= 0.6 is 11.3 Å². The molecule has 0 unspecified atom stereocenters. The van der Waals surface area contributed by atoms with E-state index in [1.165, 1.54) is 5.56 Å². The van der Waals surface area contributed by atoms with Gasteiger partial charge in [-0.15, -0.1) is 0 Å². The number of nitrogens with one attached hydrogen (secondary N) is 1. The van der Waals surface area contributed by atoms with Gasteiger partial charge in [-0.3, -0.25) is 0 Å². The van der Waals surface area contributed by atoms with E-state index in [4.69, 9.17) is 0 Å². The van der Waals surface area contributed by atoms with E-state index < -0.39 is 0 Å². The molecule has 0 saturated heterocycles. The molecule has 2 nitrogen and oxygen atoms in total. The van der Waals surface area contributed by atoms with Crippen LogP contribution < -0.4 is 5.32 Å². The Morgan fingerprint density at radius 2 is 1.89 bits per heavy atom. The second kappa shape index (κ2) is 5.36. The fraction of sp³-hybridized carbons (Fsp3) is 0.133. The highest BCUT2D eigenvalue weighted by atomic mass is 32.1. The molecule has 0 fully saturated rings. The molecule has 0 spiro atoms. The first-order valence-electron chi connectivity index (χ1n) is 6.12. The summed E-state index contributed by atoms with van der Waals surface area (Å²) in [7, 11) is 0. The third-order valence-electron chi connectivity index (χ3n) is 2.87. The zero-order valence-corrected chi connectivity index (χ0v) is 11.1. The topological polar surface area (TPSA) is 24.9 Å². The average Bonchev–Trinajstić information content (AvgIpc) is 2.87. The number of benzene rings is 2. The first-order chi connectivity index (χ1) is 9.36. The van der Waals surface area contributed by atoms with Crippen molar-refractivity contribution in [1.82, 2.24) is 4.98 Å². The Morgan fingerprint density at radius 1 is 1.05 bits per heavy atom. The van der Waals surface area contributed by atoms with Crippen molar-refractivity contribution in [3.05, 3.63) is 48.5 Å². The normalized spacial score (nSPS) is 10.8. The number of hydrogen-bond donors (Lipinski definition) is 1. The molecule has 2 aromatic carbocycles. The molecule has 96 valence electrons. The third kappa shape index (κ3) is 2.58. The Hall–Kier alpha value is -1.94. The lowest BCUT2D eigenvalue weighted by molar-refractivity contribution is 0.512. The van der Waals surface area contributed by atoms with Crippen LogP contribution in [0, 0.1) is 0 Å². The predicted molar refractivity (Wildman–Crippen MR) is 79.5 cm³/mol. The molecule has 1 N–H and O–H groups in total. The largest absolute Gasteiger partial charge is 0.359 e. The van der Waals surface area contributed by atoms with Crippen LogP contribution in [-0.4, -0.2) is 18.2 Å². The number of anilines is 1. The van der Waals surface area contributed by atoms with Gasteiger partial charge in [0.2, 0.25) is 0 Å². The van der Waals surface area contributed by atoms with Gasteiger partial charge < -0.3 is 5.32 Å². The molecule has 0 aliphatic heterocycles. The first kappa shape index (κ1) is 12.1. The molecule has 0 aliphatic rings. The number of fused-ring (bicyclic) bond motifs is 1. The van der Waals surface area contributed by atoms with E-state index in [1.807, 2.05) is 18.2 Å². The zero-order chi connectivity index (χ0) is 13.1. The second-order valence-corrected chi connectivity index (χ2v) is 5.21. The van der Waals surface area contributed by atoms with Crippen LogP contribution in [0.3, 0.4) is 0 Å². The number of halogens is 1. The molecule has 4 heteroatoms. The van der Waals surface area contributed by atoms with Gasteiger partial charge in [-0.25, -0.2) is 9.37 Å². The van der Waals surface area contributed by atoms with Crippen molar-refractivity contribution in [2.45, 2.75) is 0 Å². The summed E-state index contributed by atoms with van der Waals surface area (Å²) in [5, 5.41) is 3.75. The van der Waals surface area contributed by atoms with Gasteiger partial charge in [0.1, 0.15) is 6.67 Å². The van der Waals surface area contributed by atoms with Gasteiger partial charge in [-0.1, -0.05) is 47.7 Å². The molecule has 3 rings (SSSR count). The molecule has 1 heterocycles. The maximum absolute atomic E-state index is 12.1. The minimum atomic E-state index is -0.384. The summed E-state index contributed by atoms with van der Waals surface area (Å²) in [5.41, 5.74) is 3.28. The van der Waals surface area contributed by atoms with Crippen molar-refractivity contribution in [1.29, 1.82) is 0 Å². The monoisotopic (exact) mass is 272 g/mol. The van der Waals surface area contributed by atoms with Crippen LogP contribution in [0.5, 0.6) is 0 Å². The van der Waals surface area contributed by atoms with Gasteiger partial charge in [0.25, 0.3) is 0 Å². The average molecular weight is 272 g/mol. The standard InChI is InChI=1S/C15H13FN2S/c16-8-9-17-15-18-13-10-12(6-7-14(13)19-15)11-4-2-1-3-5-11/h1-7,10H,8-9H2,(H,17,18). The second-order valence-electron chi connectivity index (χ2n) is 4.18. The Morgan fingerprint density at radius 3 is 2.68 bits per heavy atom. The summed E-state index contributed by atoms with van der Waals surface area (Å²) in [6.45, 7) is -0.0729. The van der Waals surface area contributed by atoms with E-state index in [9.17, 15) is 4.39 Å². The molecule has 0 aliphatic carbocycles. The SMILES string of the molecule is FCCNc1nc2cc(-c3ccccc3)ccc2s1. The van der Waals surface area contributed by atoms with Crippen molar-refractivity contribution >= 4 is 26.7 Å². The predicted octanol–water partition coefficient (Wildman–Crippen LogP) is 4.34. The highest BCUT2D eigenvalue weighted by Crippen LogP contribution is 2.29. The number of rotatable bonds is 4. The maximum atomic E-state index is 12.1. The van der Waals surface area contributed by atoms with Crippen LogP contribution in [0.25, 0.3) is 21.3 Å². The van der Waals surface area contributed by atoms with Gasteiger partial charge >= 0.3 is 0 Å². The van der Waals surface area contributed by atoms with E-state index in [1.54, 1.807) is 11.3 Å². The summed E-state index contributed by atoms with van der Waals surface area (Å²) in [4.78, 5) is 4.48. The van der Waals surface area contributed by atoms with Crippen molar-refractivity contribution in [3.8, 4) is 11.1 Å². The van der Waals surface area contributed by atoms with Crippen LogP contribution in [0.1, 0.15) is 0 Å². The number of hydrogen-bond acceptors (Lipinski definition) is 3. The van der Waals surface area contributed by atoms with E-state index in [0.717, 1.165) is 20.9 Å². The highest BCUT2D eigenvalue weighted by Gasteiger charge is 2.05. The Labute approximate surface area is 114 Å². The molecule has 0 saturated carbocycles. The van der Waals surface area contributed by atoms with Gasteiger partial charge in [0.15, 0.2) is 5.13 Å². The maximum Gasteiger partial charge on any atom is 0.183 e. The summed E-state index contributed by atoms with van der Waals surface area (Å²) in [6, 6.07) is 16.4. The number of thiazole rings is 1. The Bertz CT molecular complexity index is 679. The van der Waals surface area contributed by atoms with Crippen molar-refractivity contribution in [2.75, 3.05) is 18.5 Å². The summed E-state index contributed by atoms with van der Waals surface area (Å²) in [6.07, 6.45) is 0. The zero-order valence-electron chi connectivity index (χ0n) is 10.3. The lowest BCUT2D eigenvalue weighted by Gasteiger charge is -2.00. The van der Waals surface area contributed by atoms with Gasteiger partial charge in [-0.05, 0) is 23.3 Å².